The van der Waals surface area contributed by atoms with Gasteiger partial charge in [-0.25, -0.2) is 0 Å². The van der Waals surface area contributed by atoms with Gasteiger partial charge in [0.15, 0.2) is 0 Å². The molecule has 1 aromatic heterocycles. The van der Waals surface area contributed by atoms with E-state index in [9.17, 15) is 23.1 Å². The van der Waals surface area contributed by atoms with Crippen LogP contribution in [0, 0.1) is 24.2 Å². The highest BCUT2D eigenvalue weighted by Gasteiger charge is 2.56. The second kappa shape index (κ2) is 6.18. The Kier molecular flexibility index (Phi) is 4.34. The lowest BCUT2D eigenvalue weighted by Crippen LogP contribution is -2.66. The maximum Gasteiger partial charge on any atom is 0.418 e. The van der Waals surface area contributed by atoms with Crippen molar-refractivity contribution in [3.8, 4) is 0 Å². The summed E-state index contributed by atoms with van der Waals surface area (Å²) in [5, 5.41) is 9.81. The van der Waals surface area contributed by atoms with Crippen molar-refractivity contribution in [2.75, 3.05) is 13.1 Å². The number of hydrogen-bond acceptors (Lipinski definition) is 3. The van der Waals surface area contributed by atoms with Gasteiger partial charge < -0.3 is 10.0 Å². The number of aromatic nitrogens is 1. The SMILES string of the molecule is Cc1nc([C@H](C)C2CC3(C2)CN(C(=O)C2CC(C)(O)C2)C3)ccc1C(F)(F)F. The minimum Gasteiger partial charge on any atom is -0.390 e. The number of aliphatic hydroxyl groups is 1. The van der Waals surface area contributed by atoms with Gasteiger partial charge in [-0.15, -0.1) is 0 Å². The van der Waals surface area contributed by atoms with Crippen molar-refractivity contribution in [1.82, 2.24) is 9.88 Å². The summed E-state index contributed by atoms with van der Waals surface area (Å²) in [7, 11) is 0. The quantitative estimate of drug-likeness (QED) is 0.843. The Balaban J connectivity index is 1.30. The van der Waals surface area contributed by atoms with Crippen LogP contribution in [0.15, 0.2) is 12.1 Å². The average Bonchev–Trinajstić information content (AvgIpc) is 2.47. The molecular formula is C21H27F3N2O2. The van der Waals surface area contributed by atoms with Crippen LogP contribution in [0.5, 0.6) is 0 Å². The van der Waals surface area contributed by atoms with Crippen LogP contribution in [-0.2, 0) is 11.0 Å². The zero-order chi connectivity index (χ0) is 20.5. The highest BCUT2D eigenvalue weighted by Crippen LogP contribution is 2.56. The van der Waals surface area contributed by atoms with Crippen LogP contribution < -0.4 is 0 Å². The van der Waals surface area contributed by atoms with E-state index in [0.29, 0.717) is 24.5 Å². The molecule has 1 saturated heterocycles. The maximum atomic E-state index is 12.9. The second-order valence-corrected chi connectivity index (χ2v) is 9.62. The second-order valence-electron chi connectivity index (χ2n) is 9.62. The van der Waals surface area contributed by atoms with E-state index < -0.39 is 17.3 Å². The predicted octanol–water partition coefficient (Wildman–Crippen LogP) is 3.91. The molecule has 3 aliphatic rings. The van der Waals surface area contributed by atoms with Crippen LogP contribution in [0.3, 0.4) is 0 Å². The molecule has 2 heterocycles. The number of aryl methyl sites for hydroxylation is 1. The number of amides is 1. The molecule has 1 aliphatic heterocycles. The molecule has 1 spiro atoms. The molecule has 1 aromatic rings. The summed E-state index contributed by atoms with van der Waals surface area (Å²) in [6.07, 6.45) is -1.29. The molecule has 4 nitrogen and oxygen atoms in total. The van der Waals surface area contributed by atoms with E-state index in [0.717, 1.165) is 32.0 Å². The third-order valence-electron chi connectivity index (χ3n) is 7.06. The van der Waals surface area contributed by atoms with Crippen molar-refractivity contribution in [1.29, 1.82) is 0 Å². The number of pyridine rings is 1. The summed E-state index contributed by atoms with van der Waals surface area (Å²) in [5.74, 6) is 0.624. The zero-order valence-electron chi connectivity index (χ0n) is 16.5. The van der Waals surface area contributed by atoms with Gasteiger partial charge in [-0.1, -0.05) is 6.92 Å². The van der Waals surface area contributed by atoms with Gasteiger partial charge in [0, 0.05) is 41.7 Å². The molecule has 1 N–H and O–H groups in total. The Morgan fingerprint density at radius 3 is 2.36 bits per heavy atom. The fourth-order valence-corrected chi connectivity index (χ4v) is 5.39. The molecule has 1 atom stereocenters. The van der Waals surface area contributed by atoms with E-state index >= 15 is 0 Å². The Morgan fingerprint density at radius 1 is 1.25 bits per heavy atom. The summed E-state index contributed by atoms with van der Waals surface area (Å²) < 4.78 is 38.8. The smallest absolute Gasteiger partial charge is 0.390 e. The summed E-state index contributed by atoms with van der Waals surface area (Å²) in [6, 6.07) is 2.64. The van der Waals surface area contributed by atoms with Gasteiger partial charge in [0.25, 0.3) is 0 Å². The van der Waals surface area contributed by atoms with Gasteiger partial charge in [0.2, 0.25) is 5.91 Å². The number of carbonyl (C=O) groups excluding carboxylic acids is 1. The van der Waals surface area contributed by atoms with Crippen molar-refractivity contribution >= 4 is 5.91 Å². The minimum atomic E-state index is -4.37. The molecule has 0 radical (unpaired) electrons. The molecule has 1 amide bonds. The number of alkyl halides is 3. The lowest BCUT2D eigenvalue weighted by Gasteiger charge is -2.61. The van der Waals surface area contributed by atoms with Gasteiger partial charge >= 0.3 is 6.18 Å². The third kappa shape index (κ3) is 3.31. The lowest BCUT2D eigenvalue weighted by atomic mass is 9.54. The molecule has 0 aromatic carbocycles. The van der Waals surface area contributed by atoms with Crippen molar-refractivity contribution < 1.29 is 23.1 Å². The fraction of sp³-hybridized carbons (Fsp3) is 0.714. The zero-order valence-corrected chi connectivity index (χ0v) is 16.5. The molecule has 2 saturated carbocycles. The van der Waals surface area contributed by atoms with Crippen molar-refractivity contribution in [3.63, 3.8) is 0 Å². The van der Waals surface area contributed by atoms with E-state index in [-0.39, 0.29) is 28.9 Å². The van der Waals surface area contributed by atoms with Crippen LogP contribution in [0.25, 0.3) is 0 Å². The van der Waals surface area contributed by atoms with Crippen molar-refractivity contribution in [3.05, 3.63) is 29.1 Å². The summed E-state index contributed by atoms with van der Waals surface area (Å²) in [6.45, 7) is 6.75. The minimum absolute atomic E-state index is 0.0303. The number of rotatable bonds is 3. The number of halogens is 3. The van der Waals surface area contributed by atoms with Crippen molar-refractivity contribution in [2.45, 2.75) is 64.1 Å². The first kappa shape index (κ1) is 19.7. The monoisotopic (exact) mass is 396 g/mol. The Hall–Kier alpha value is -1.63. The van der Waals surface area contributed by atoms with E-state index in [4.69, 9.17) is 0 Å². The van der Waals surface area contributed by atoms with Crippen molar-refractivity contribution in [2.24, 2.45) is 17.3 Å². The summed E-state index contributed by atoms with van der Waals surface area (Å²) in [4.78, 5) is 18.6. The normalized spacial score (nSPS) is 30.4. The first-order valence-electron chi connectivity index (χ1n) is 9.95. The standard InChI is InChI=1S/C21H27F3N2O2/c1-12(17-5-4-16(13(2)25-17)21(22,23)24)14-8-20(9-14)10-26(11-20)18(27)15-6-19(3,28)7-15/h4-5,12,14-15,28H,6-11H2,1-3H3/t12-,15?,19?/m1/s1. The average molecular weight is 396 g/mol. The molecule has 0 unspecified atom stereocenters. The first-order chi connectivity index (χ1) is 12.9. The number of likely N-dealkylation sites (tertiary alicyclic amines) is 1. The van der Waals surface area contributed by atoms with Gasteiger partial charge in [-0.3, -0.25) is 9.78 Å². The summed E-state index contributed by atoms with van der Waals surface area (Å²) in [5.41, 5.74) is -0.428. The topological polar surface area (TPSA) is 53.4 Å². The molecule has 4 rings (SSSR count). The number of nitrogens with zero attached hydrogens (tertiary/aromatic N) is 2. The van der Waals surface area contributed by atoms with Crippen LogP contribution in [0.1, 0.15) is 62.4 Å². The largest absolute Gasteiger partial charge is 0.418 e. The Bertz CT molecular complexity index is 783. The van der Waals surface area contributed by atoms with Gasteiger partial charge in [-0.2, -0.15) is 13.2 Å². The van der Waals surface area contributed by atoms with E-state index in [1.807, 2.05) is 11.8 Å². The van der Waals surface area contributed by atoms with Crippen LogP contribution in [0.4, 0.5) is 13.2 Å². The van der Waals surface area contributed by atoms with Crippen LogP contribution in [0.2, 0.25) is 0 Å². The highest BCUT2D eigenvalue weighted by molar-refractivity contribution is 5.81. The van der Waals surface area contributed by atoms with Gasteiger partial charge in [0.05, 0.1) is 11.2 Å². The van der Waals surface area contributed by atoms with Crippen LogP contribution >= 0.6 is 0 Å². The molecule has 2 aliphatic carbocycles. The molecule has 3 fully saturated rings. The highest BCUT2D eigenvalue weighted by atomic mass is 19.4. The first-order valence-corrected chi connectivity index (χ1v) is 9.95. The molecule has 0 bridgehead atoms. The Morgan fingerprint density at radius 2 is 1.86 bits per heavy atom. The molecule has 28 heavy (non-hydrogen) atoms. The molecule has 7 heteroatoms. The van der Waals surface area contributed by atoms with Gasteiger partial charge in [0.1, 0.15) is 0 Å². The molecular weight excluding hydrogens is 369 g/mol. The maximum absolute atomic E-state index is 12.9. The molecule has 154 valence electrons. The number of carbonyl (C=O) groups is 1. The number of hydrogen-bond donors (Lipinski definition) is 1. The van der Waals surface area contributed by atoms with E-state index in [2.05, 4.69) is 4.98 Å². The lowest BCUT2D eigenvalue weighted by molar-refractivity contribution is -0.172. The Labute approximate surface area is 163 Å². The summed E-state index contributed by atoms with van der Waals surface area (Å²) >= 11 is 0. The van der Waals surface area contributed by atoms with E-state index in [1.165, 1.54) is 13.0 Å². The third-order valence-corrected chi connectivity index (χ3v) is 7.06. The fourth-order valence-electron chi connectivity index (χ4n) is 5.39. The van der Waals surface area contributed by atoms with E-state index in [1.54, 1.807) is 6.92 Å². The van der Waals surface area contributed by atoms with Crippen LogP contribution in [-0.4, -0.2) is 39.6 Å². The van der Waals surface area contributed by atoms with Gasteiger partial charge in [-0.05, 0) is 57.6 Å². The predicted molar refractivity (Wildman–Crippen MR) is 97.5 cm³/mol.